The summed E-state index contributed by atoms with van der Waals surface area (Å²) < 4.78 is 0. The van der Waals surface area contributed by atoms with Crippen molar-refractivity contribution in [2.24, 2.45) is 0 Å². The predicted molar refractivity (Wildman–Crippen MR) is 459 cm³/mol. The number of nitrogens with zero attached hydrogens (tertiary/aromatic N) is 3. The van der Waals surface area contributed by atoms with Crippen LogP contribution in [0.2, 0.25) is 0 Å². The van der Waals surface area contributed by atoms with Gasteiger partial charge in [-0.05, 0) is 216 Å². The fourth-order valence-electron chi connectivity index (χ4n) is 16.7. The molecular formula is C104H103N3. The van der Waals surface area contributed by atoms with Crippen LogP contribution in [-0.2, 0) is 38.9 Å². The van der Waals surface area contributed by atoms with Gasteiger partial charge in [0.25, 0.3) is 0 Å². The first-order valence-electron chi connectivity index (χ1n) is 38.8. The van der Waals surface area contributed by atoms with Gasteiger partial charge in [0.05, 0.1) is 51.2 Å². The van der Waals surface area contributed by atoms with Crippen molar-refractivity contribution in [3.63, 3.8) is 0 Å². The standard InChI is InChI=1S/C104H103N3/c1-99(2,3)75-43-37-68(38-44-75)87-64-79(103(13,14)15)49-55-89(87)105-91-53-41-72(81-51-47-77(101(7,8)9)62-85(81)66-29-21-19-22-30-66)58-93(91)107-94-59-73(82-52-48-78(102(10,11)12)63-86(82)67-31-23-20-24-32-67)42-54-92(94)106(90-56-50-80(104(16,17)18)65-88(90)69-39-45-76(46-40-69)100(4,5)6)96-61-74(60-95(105)98(96)107)97-83-35-27-25-33-70(83)57-71-34-26-28-36-84(71)97/h19-56,58-65,97H,57H2,1-18H3. The van der Waals surface area contributed by atoms with Gasteiger partial charge >= 0.3 is 0 Å². The van der Waals surface area contributed by atoms with E-state index in [2.05, 4.69) is 418 Å². The van der Waals surface area contributed by atoms with Crippen LogP contribution in [0.4, 0.5) is 51.2 Å². The highest BCUT2D eigenvalue weighted by Gasteiger charge is 2.43. The highest BCUT2D eigenvalue weighted by atomic mass is 15.3. The van der Waals surface area contributed by atoms with Crippen molar-refractivity contribution in [2.45, 2.75) is 169 Å². The fraction of sp³-hybridized carbons (Fsp3) is 0.250. The van der Waals surface area contributed by atoms with Crippen molar-refractivity contribution >= 4 is 51.2 Å². The summed E-state index contributed by atoms with van der Waals surface area (Å²) in [4.78, 5) is 8.06. The van der Waals surface area contributed by atoms with E-state index in [0.29, 0.717) is 0 Å². The molecule has 3 aliphatic rings. The molecule has 0 radical (unpaired) electrons. The van der Waals surface area contributed by atoms with E-state index in [1.165, 1.54) is 117 Å². The van der Waals surface area contributed by atoms with Crippen molar-refractivity contribution in [3.05, 3.63) is 340 Å². The van der Waals surface area contributed by atoms with Gasteiger partial charge < -0.3 is 14.7 Å². The molecule has 13 aromatic rings. The highest BCUT2D eigenvalue weighted by Crippen LogP contribution is 2.67. The van der Waals surface area contributed by atoms with E-state index in [9.17, 15) is 0 Å². The minimum absolute atomic E-state index is 0.0330. The van der Waals surface area contributed by atoms with Gasteiger partial charge in [0, 0.05) is 17.0 Å². The lowest BCUT2D eigenvalue weighted by Gasteiger charge is -2.48. The second-order valence-corrected chi connectivity index (χ2v) is 36.7. The smallest absolute Gasteiger partial charge is 0.0948 e. The summed E-state index contributed by atoms with van der Waals surface area (Å²) in [5.74, 6) is -0.0947. The van der Waals surface area contributed by atoms with Gasteiger partial charge in [-0.3, -0.25) is 0 Å². The molecule has 0 unspecified atom stereocenters. The quantitative estimate of drug-likeness (QED) is 0.143. The third kappa shape index (κ3) is 12.9. The van der Waals surface area contributed by atoms with Crippen LogP contribution in [0.25, 0.3) is 66.8 Å². The Kier molecular flexibility index (Phi) is 17.2. The largest absolute Gasteiger partial charge is 0.306 e. The van der Waals surface area contributed by atoms with Gasteiger partial charge in [0.15, 0.2) is 0 Å². The minimum Gasteiger partial charge on any atom is -0.306 e. The molecular weight excluding hydrogens is 1290 g/mol. The Bertz CT molecular complexity index is 5250. The zero-order chi connectivity index (χ0) is 75.0. The normalized spacial score (nSPS) is 13.8. The van der Waals surface area contributed by atoms with Crippen LogP contribution >= 0.6 is 0 Å². The van der Waals surface area contributed by atoms with Crippen molar-refractivity contribution in [1.29, 1.82) is 0 Å². The van der Waals surface area contributed by atoms with E-state index in [4.69, 9.17) is 0 Å². The molecule has 0 atom stereocenters. The molecule has 13 aromatic carbocycles. The molecule has 3 nitrogen and oxygen atoms in total. The highest BCUT2D eigenvalue weighted by molar-refractivity contribution is 6.15. The average molecular weight is 1390 g/mol. The summed E-state index contributed by atoms with van der Waals surface area (Å²) in [5.41, 5.74) is 38.0. The lowest BCUT2D eigenvalue weighted by atomic mass is 9.74. The molecule has 2 heterocycles. The average Bonchev–Trinajstić information content (AvgIpc) is 0.687. The molecule has 0 saturated carbocycles. The summed E-state index contributed by atoms with van der Waals surface area (Å²) >= 11 is 0. The van der Waals surface area contributed by atoms with Crippen LogP contribution in [-0.4, -0.2) is 0 Å². The van der Waals surface area contributed by atoms with E-state index < -0.39 is 0 Å². The fourth-order valence-corrected chi connectivity index (χ4v) is 16.7. The third-order valence-corrected chi connectivity index (χ3v) is 23.1. The summed E-state index contributed by atoms with van der Waals surface area (Å²) in [6.07, 6.45) is 0.878. The lowest BCUT2D eigenvalue weighted by Crippen LogP contribution is -2.31. The third-order valence-electron chi connectivity index (χ3n) is 23.1. The molecule has 107 heavy (non-hydrogen) atoms. The molecule has 2 aliphatic heterocycles. The maximum Gasteiger partial charge on any atom is 0.0948 e. The Morgan fingerprint density at radius 3 is 0.879 bits per heavy atom. The molecule has 0 N–H and O–H groups in total. The van der Waals surface area contributed by atoms with E-state index in [-0.39, 0.29) is 38.4 Å². The Morgan fingerprint density at radius 2 is 0.514 bits per heavy atom. The summed E-state index contributed by atoms with van der Waals surface area (Å²) in [6.45, 7) is 42.0. The van der Waals surface area contributed by atoms with Crippen molar-refractivity contribution in [3.8, 4) is 66.8 Å². The number of hydrogen-bond acceptors (Lipinski definition) is 3. The number of fused-ring (bicyclic) bond motifs is 6. The first-order valence-corrected chi connectivity index (χ1v) is 38.8. The predicted octanol–water partition coefficient (Wildman–Crippen LogP) is 29.6. The Balaban J connectivity index is 1.08. The van der Waals surface area contributed by atoms with Crippen LogP contribution in [0.1, 0.15) is 192 Å². The molecule has 0 amide bonds. The van der Waals surface area contributed by atoms with Crippen LogP contribution in [0, 0.1) is 0 Å². The van der Waals surface area contributed by atoms with Gasteiger partial charge in [-0.1, -0.05) is 343 Å². The monoisotopic (exact) mass is 1390 g/mol. The van der Waals surface area contributed by atoms with Crippen LogP contribution < -0.4 is 14.7 Å². The van der Waals surface area contributed by atoms with Crippen molar-refractivity contribution in [1.82, 2.24) is 0 Å². The number of benzene rings is 13. The van der Waals surface area contributed by atoms with Crippen LogP contribution in [0.3, 0.4) is 0 Å². The van der Waals surface area contributed by atoms with E-state index >= 15 is 0 Å². The van der Waals surface area contributed by atoms with E-state index in [0.717, 1.165) is 68.7 Å². The SMILES string of the molecule is CC(C)(C)c1ccc(-c2cc(C(C)(C)C)ccc2N2c3ccc(-c4ccc(C(C)(C)C)cc4-c4ccccc4)cc3N3c4cc(-c5ccc(C(C)(C)C)cc5-c5ccccc5)ccc4N(c4ccc(C(C)(C)C)cc4-c4ccc(C(C)(C)C)cc4)c4cc(C5c6ccccc6Cc6ccccc65)cc2c43)cc1. The topological polar surface area (TPSA) is 9.72 Å². The van der Waals surface area contributed by atoms with Gasteiger partial charge in [-0.15, -0.1) is 0 Å². The van der Waals surface area contributed by atoms with Crippen molar-refractivity contribution < 1.29 is 0 Å². The molecule has 3 heteroatoms. The maximum atomic E-state index is 2.70. The van der Waals surface area contributed by atoms with Gasteiger partial charge in [-0.25, -0.2) is 0 Å². The number of anilines is 9. The van der Waals surface area contributed by atoms with Crippen LogP contribution in [0.15, 0.2) is 279 Å². The Morgan fingerprint density at radius 1 is 0.215 bits per heavy atom. The molecule has 0 fully saturated rings. The van der Waals surface area contributed by atoms with E-state index in [1.54, 1.807) is 0 Å². The minimum atomic E-state index is -0.146. The molecule has 0 bridgehead atoms. The molecule has 16 rings (SSSR count). The van der Waals surface area contributed by atoms with Gasteiger partial charge in [0.1, 0.15) is 0 Å². The van der Waals surface area contributed by atoms with Crippen LogP contribution in [0.5, 0.6) is 0 Å². The summed E-state index contributed by atoms with van der Waals surface area (Å²) in [5, 5.41) is 0. The first-order chi connectivity index (χ1) is 50.8. The summed E-state index contributed by atoms with van der Waals surface area (Å²) in [7, 11) is 0. The first kappa shape index (κ1) is 70.6. The van der Waals surface area contributed by atoms with Gasteiger partial charge in [0.2, 0.25) is 0 Å². The maximum absolute atomic E-state index is 2.70. The lowest BCUT2D eigenvalue weighted by molar-refractivity contribution is 0.589. The summed E-state index contributed by atoms with van der Waals surface area (Å²) in [6, 6.07) is 109. The molecule has 0 saturated heterocycles. The van der Waals surface area contributed by atoms with Crippen molar-refractivity contribution in [2.75, 3.05) is 14.7 Å². The number of hydrogen-bond donors (Lipinski definition) is 0. The Hall–Kier alpha value is -10.7. The molecule has 0 spiro atoms. The number of rotatable bonds is 9. The zero-order valence-corrected chi connectivity index (χ0v) is 66.2. The zero-order valence-electron chi connectivity index (χ0n) is 66.2. The second kappa shape index (κ2) is 26.0. The molecule has 1 aliphatic carbocycles. The Labute approximate surface area is 638 Å². The van der Waals surface area contributed by atoms with E-state index in [1.807, 2.05) is 0 Å². The molecule has 534 valence electrons. The second-order valence-electron chi connectivity index (χ2n) is 36.7. The van der Waals surface area contributed by atoms with Gasteiger partial charge in [-0.2, -0.15) is 0 Å². The molecule has 0 aromatic heterocycles.